The number of benzene rings is 1. The quantitative estimate of drug-likeness (QED) is 0.748. The highest BCUT2D eigenvalue weighted by Crippen LogP contribution is 2.30. The first-order chi connectivity index (χ1) is 9.56. The largest absolute Gasteiger partial charge is 0.492 e. The third-order valence-electron chi connectivity index (χ3n) is 3.71. The van der Waals surface area contributed by atoms with Crippen LogP contribution in [0.3, 0.4) is 0 Å². The van der Waals surface area contributed by atoms with Gasteiger partial charge < -0.3 is 10.5 Å². The van der Waals surface area contributed by atoms with E-state index in [1.807, 2.05) is 24.3 Å². The Bertz CT molecular complexity index is 440. The summed E-state index contributed by atoms with van der Waals surface area (Å²) in [4.78, 5) is 2.92. The molecule has 2 rings (SSSR count). The number of hydrogen-bond donors (Lipinski definition) is 1. The average Bonchev–Trinajstić information content (AvgIpc) is 3.22. The van der Waals surface area contributed by atoms with Crippen molar-refractivity contribution in [1.29, 1.82) is 0 Å². The molecule has 1 aromatic rings. The van der Waals surface area contributed by atoms with Gasteiger partial charge in [0.25, 0.3) is 0 Å². The maximum atomic E-state index is 5.80. The molecule has 4 heteroatoms. The summed E-state index contributed by atoms with van der Waals surface area (Å²) in [6.45, 7) is 7.41. The first-order valence-electron chi connectivity index (χ1n) is 7.33. The Balaban J connectivity index is 1.77. The fraction of sp³-hybridized carbons (Fsp3) is 0.562. The fourth-order valence-electron chi connectivity index (χ4n) is 2.19. The SMILES string of the molecule is CC(C)N(CCOc1ccc(C(N)=S)cc1)CC1CC1. The van der Waals surface area contributed by atoms with Crippen LogP contribution in [0, 0.1) is 5.92 Å². The van der Waals surface area contributed by atoms with Gasteiger partial charge in [0.15, 0.2) is 0 Å². The smallest absolute Gasteiger partial charge is 0.119 e. The molecule has 0 bridgehead atoms. The predicted molar refractivity (Wildman–Crippen MR) is 87.3 cm³/mol. The monoisotopic (exact) mass is 292 g/mol. The molecule has 0 amide bonds. The van der Waals surface area contributed by atoms with Crippen LogP contribution in [0.4, 0.5) is 0 Å². The topological polar surface area (TPSA) is 38.5 Å². The molecule has 0 unspecified atom stereocenters. The summed E-state index contributed by atoms with van der Waals surface area (Å²) in [7, 11) is 0. The van der Waals surface area contributed by atoms with Crippen LogP contribution in [-0.2, 0) is 0 Å². The van der Waals surface area contributed by atoms with Crippen LogP contribution in [-0.4, -0.2) is 35.6 Å². The van der Waals surface area contributed by atoms with Gasteiger partial charge in [-0.3, -0.25) is 4.90 Å². The van der Waals surface area contributed by atoms with Crippen LogP contribution in [0.5, 0.6) is 5.75 Å². The first-order valence-corrected chi connectivity index (χ1v) is 7.74. The van der Waals surface area contributed by atoms with E-state index in [1.54, 1.807) is 0 Å². The zero-order valence-electron chi connectivity index (χ0n) is 12.3. The summed E-state index contributed by atoms with van der Waals surface area (Å²) in [5, 5.41) is 0. The molecule has 110 valence electrons. The minimum Gasteiger partial charge on any atom is -0.492 e. The van der Waals surface area contributed by atoms with Crippen LogP contribution < -0.4 is 10.5 Å². The van der Waals surface area contributed by atoms with Gasteiger partial charge in [-0.15, -0.1) is 0 Å². The maximum Gasteiger partial charge on any atom is 0.119 e. The molecule has 1 aliphatic carbocycles. The molecule has 1 aliphatic rings. The lowest BCUT2D eigenvalue weighted by atomic mass is 10.2. The molecule has 0 aromatic heterocycles. The van der Waals surface area contributed by atoms with E-state index in [1.165, 1.54) is 19.4 Å². The van der Waals surface area contributed by atoms with Gasteiger partial charge in [0.1, 0.15) is 17.3 Å². The van der Waals surface area contributed by atoms with Crippen molar-refractivity contribution in [2.75, 3.05) is 19.7 Å². The third kappa shape index (κ3) is 4.76. The average molecular weight is 292 g/mol. The molecular formula is C16H24N2OS. The van der Waals surface area contributed by atoms with Crippen molar-refractivity contribution in [3.05, 3.63) is 29.8 Å². The highest BCUT2D eigenvalue weighted by molar-refractivity contribution is 7.80. The van der Waals surface area contributed by atoms with Crippen LogP contribution in [0.25, 0.3) is 0 Å². The summed E-state index contributed by atoms with van der Waals surface area (Å²) < 4.78 is 5.80. The van der Waals surface area contributed by atoms with Crippen LogP contribution in [0.2, 0.25) is 0 Å². The lowest BCUT2D eigenvalue weighted by Crippen LogP contribution is -2.36. The zero-order chi connectivity index (χ0) is 14.5. The summed E-state index contributed by atoms with van der Waals surface area (Å²) >= 11 is 4.93. The Morgan fingerprint density at radius 3 is 2.50 bits per heavy atom. The van der Waals surface area contributed by atoms with Gasteiger partial charge in [0, 0.05) is 24.7 Å². The van der Waals surface area contributed by atoms with E-state index in [0.717, 1.165) is 30.4 Å². The molecule has 0 saturated heterocycles. The van der Waals surface area contributed by atoms with E-state index in [2.05, 4.69) is 18.7 Å². The molecule has 0 heterocycles. The molecule has 0 atom stereocenters. The fourth-order valence-corrected chi connectivity index (χ4v) is 2.32. The van der Waals surface area contributed by atoms with Gasteiger partial charge in [0.2, 0.25) is 0 Å². The Kier molecular flexibility index (Phi) is 5.38. The van der Waals surface area contributed by atoms with E-state index in [-0.39, 0.29) is 0 Å². The van der Waals surface area contributed by atoms with Gasteiger partial charge in [-0.25, -0.2) is 0 Å². The molecule has 2 N–H and O–H groups in total. The third-order valence-corrected chi connectivity index (χ3v) is 3.94. The van der Waals surface area contributed by atoms with Gasteiger partial charge in [0.05, 0.1) is 0 Å². The van der Waals surface area contributed by atoms with E-state index in [4.69, 9.17) is 22.7 Å². The second-order valence-corrected chi connectivity index (χ2v) is 6.21. The van der Waals surface area contributed by atoms with Crippen molar-refractivity contribution in [2.45, 2.75) is 32.7 Å². The number of ether oxygens (including phenoxy) is 1. The Hall–Kier alpha value is -1.13. The van der Waals surface area contributed by atoms with Crippen LogP contribution in [0.15, 0.2) is 24.3 Å². The summed E-state index contributed by atoms with van der Waals surface area (Å²) in [5.74, 6) is 1.79. The molecule has 20 heavy (non-hydrogen) atoms. The number of hydrogen-bond acceptors (Lipinski definition) is 3. The molecule has 0 radical (unpaired) electrons. The van der Waals surface area contributed by atoms with E-state index in [9.17, 15) is 0 Å². The number of nitrogens with two attached hydrogens (primary N) is 1. The molecule has 1 fully saturated rings. The van der Waals surface area contributed by atoms with Gasteiger partial charge >= 0.3 is 0 Å². The van der Waals surface area contributed by atoms with E-state index in [0.29, 0.717) is 11.0 Å². The van der Waals surface area contributed by atoms with Crippen molar-refractivity contribution in [3.63, 3.8) is 0 Å². The molecule has 3 nitrogen and oxygen atoms in total. The summed E-state index contributed by atoms with van der Waals surface area (Å²) in [6.07, 6.45) is 2.79. The maximum absolute atomic E-state index is 5.80. The van der Waals surface area contributed by atoms with Crippen LogP contribution in [0.1, 0.15) is 32.3 Å². The second-order valence-electron chi connectivity index (χ2n) is 5.77. The van der Waals surface area contributed by atoms with Gasteiger partial charge in [-0.2, -0.15) is 0 Å². The Morgan fingerprint density at radius 2 is 2.00 bits per heavy atom. The summed E-state index contributed by atoms with van der Waals surface area (Å²) in [6, 6.07) is 8.24. The molecule has 0 aliphatic heterocycles. The van der Waals surface area contributed by atoms with Crippen molar-refractivity contribution >= 4 is 17.2 Å². The van der Waals surface area contributed by atoms with Gasteiger partial charge in [-0.05, 0) is 56.9 Å². The molecule has 1 saturated carbocycles. The summed E-state index contributed by atoms with van der Waals surface area (Å²) in [5.41, 5.74) is 6.45. The molecule has 0 spiro atoms. The molecule has 1 aromatic carbocycles. The number of rotatable bonds is 8. The second kappa shape index (κ2) is 7.04. The highest BCUT2D eigenvalue weighted by atomic mass is 32.1. The number of thiocarbonyl (C=S) groups is 1. The van der Waals surface area contributed by atoms with Crippen molar-refractivity contribution in [2.24, 2.45) is 11.7 Å². The van der Waals surface area contributed by atoms with E-state index >= 15 is 0 Å². The Morgan fingerprint density at radius 1 is 1.35 bits per heavy atom. The number of nitrogens with zero attached hydrogens (tertiary/aromatic N) is 1. The highest BCUT2D eigenvalue weighted by Gasteiger charge is 2.25. The minimum absolute atomic E-state index is 0.423. The minimum atomic E-state index is 0.423. The first kappa shape index (κ1) is 15.3. The van der Waals surface area contributed by atoms with Crippen molar-refractivity contribution in [3.8, 4) is 5.75 Å². The van der Waals surface area contributed by atoms with E-state index < -0.39 is 0 Å². The van der Waals surface area contributed by atoms with Crippen molar-refractivity contribution < 1.29 is 4.74 Å². The van der Waals surface area contributed by atoms with Crippen molar-refractivity contribution in [1.82, 2.24) is 4.90 Å². The predicted octanol–water partition coefficient (Wildman–Crippen LogP) is 2.82. The normalized spacial score (nSPS) is 14.8. The standard InChI is InChI=1S/C16H24N2OS/c1-12(2)18(11-13-3-4-13)9-10-19-15-7-5-14(6-8-15)16(17)20/h5-8,12-13H,3-4,9-11H2,1-2H3,(H2,17,20). The zero-order valence-corrected chi connectivity index (χ0v) is 13.2. The Labute approximate surface area is 127 Å². The molecular weight excluding hydrogens is 268 g/mol. The lowest BCUT2D eigenvalue weighted by molar-refractivity contribution is 0.170. The van der Waals surface area contributed by atoms with Crippen LogP contribution >= 0.6 is 12.2 Å². The van der Waals surface area contributed by atoms with Gasteiger partial charge in [-0.1, -0.05) is 12.2 Å². The lowest BCUT2D eigenvalue weighted by Gasteiger charge is -2.26.